The number of rotatable bonds is 5. The molecule has 0 spiro atoms. The van der Waals surface area contributed by atoms with E-state index >= 15 is 0 Å². The first-order chi connectivity index (χ1) is 14.2. The molecule has 4 rings (SSSR count). The molecule has 6 heteroatoms. The predicted octanol–water partition coefficient (Wildman–Crippen LogP) is 5.56. The van der Waals surface area contributed by atoms with E-state index in [2.05, 4.69) is 10.1 Å². The summed E-state index contributed by atoms with van der Waals surface area (Å²) in [6.07, 6.45) is 1.76. The summed E-state index contributed by atoms with van der Waals surface area (Å²) < 4.78 is 20.9. The highest BCUT2D eigenvalue weighted by atomic mass is 32.1. The number of nitrogens with zero attached hydrogens (tertiary/aromatic N) is 3. The molecule has 0 bridgehead atoms. The van der Waals surface area contributed by atoms with Crippen molar-refractivity contribution in [2.45, 2.75) is 0 Å². The molecule has 0 N–H and O–H groups in total. The van der Waals surface area contributed by atoms with Crippen LogP contribution in [-0.2, 0) is 0 Å². The SMILES string of the molecule is CN=c1scc(-c2ccc(F)cc2)n1/N=C\c1cccc(Oc2ccccc2)c1. The summed E-state index contributed by atoms with van der Waals surface area (Å²) in [5.41, 5.74) is 2.61. The maximum Gasteiger partial charge on any atom is 0.205 e. The Morgan fingerprint density at radius 1 is 0.931 bits per heavy atom. The zero-order valence-corrected chi connectivity index (χ0v) is 16.5. The van der Waals surface area contributed by atoms with Crippen molar-refractivity contribution in [2.75, 3.05) is 7.05 Å². The lowest BCUT2D eigenvalue weighted by molar-refractivity contribution is 0.482. The van der Waals surface area contributed by atoms with E-state index in [0.717, 1.165) is 33.1 Å². The fraction of sp³-hybridized carbons (Fsp3) is 0.0435. The minimum Gasteiger partial charge on any atom is -0.457 e. The fourth-order valence-corrected chi connectivity index (χ4v) is 3.59. The molecule has 0 saturated carbocycles. The van der Waals surface area contributed by atoms with Crippen LogP contribution in [-0.4, -0.2) is 17.9 Å². The van der Waals surface area contributed by atoms with Gasteiger partial charge < -0.3 is 4.74 Å². The number of para-hydroxylation sites is 1. The first-order valence-corrected chi connectivity index (χ1v) is 9.87. The minimum absolute atomic E-state index is 0.269. The van der Waals surface area contributed by atoms with Gasteiger partial charge >= 0.3 is 0 Å². The second-order valence-electron chi connectivity index (χ2n) is 6.18. The molecule has 0 fully saturated rings. The van der Waals surface area contributed by atoms with E-state index in [9.17, 15) is 4.39 Å². The van der Waals surface area contributed by atoms with Crippen LogP contribution in [0.5, 0.6) is 11.5 Å². The topological polar surface area (TPSA) is 38.9 Å². The van der Waals surface area contributed by atoms with Gasteiger partial charge in [-0.3, -0.25) is 4.99 Å². The van der Waals surface area contributed by atoms with Crippen molar-refractivity contribution in [1.29, 1.82) is 0 Å². The van der Waals surface area contributed by atoms with Crippen LogP contribution in [0, 0.1) is 5.82 Å². The van der Waals surface area contributed by atoms with Crippen LogP contribution in [0.4, 0.5) is 4.39 Å². The summed E-state index contributed by atoms with van der Waals surface area (Å²) in [7, 11) is 1.72. The largest absolute Gasteiger partial charge is 0.457 e. The maximum atomic E-state index is 13.3. The van der Waals surface area contributed by atoms with Gasteiger partial charge in [-0.1, -0.05) is 30.3 Å². The molecule has 29 heavy (non-hydrogen) atoms. The first-order valence-electron chi connectivity index (χ1n) is 8.99. The van der Waals surface area contributed by atoms with E-state index in [1.807, 2.05) is 60.0 Å². The predicted molar refractivity (Wildman–Crippen MR) is 115 cm³/mol. The molecule has 0 amide bonds. The van der Waals surface area contributed by atoms with E-state index in [4.69, 9.17) is 4.74 Å². The van der Waals surface area contributed by atoms with Gasteiger partial charge in [-0.2, -0.15) is 5.10 Å². The van der Waals surface area contributed by atoms with Crippen LogP contribution in [0.2, 0.25) is 0 Å². The van der Waals surface area contributed by atoms with Crippen molar-refractivity contribution >= 4 is 17.6 Å². The molecule has 1 heterocycles. The van der Waals surface area contributed by atoms with Crippen LogP contribution in [0.25, 0.3) is 11.3 Å². The Kier molecular flexibility index (Phi) is 5.63. The normalized spacial score (nSPS) is 11.9. The van der Waals surface area contributed by atoms with Gasteiger partial charge in [0.05, 0.1) is 11.9 Å². The molecule has 0 unspecified atom stereocenters. The fourth-order valence-electron chi connectivity index (χ4n) is 2.79. The molecule has 1 aromatic heterocycles. The van der Waals surface area contributed by atoms with Gasteiger partial charge in [0.2, 0.25) is 4.80 Å². The van der Waals surface area contributed by atoms with Crippen molar-refractivity contribution in [3.05, 3.63) is 100 Å². The Hall–Kier alpha value is -3.51. The number of hydrogen-bond acceptors (Lipinski definition) is 4. The van der Waals surface area contributed by atoms with Gasteiger partial charge in [0.1, 0.15) is 17.3 Å². The molecule has 0 aliphatic rings. The summed E-state index contributed by atoms with van der Waals surface area (Å²) in [6, 6.07) is 23.7. The molecule has 4 aromatic rings. The Balaban J connectivity index is 1.63. The molecule has 0 aliphatic carbocycles. The first kappa shape index (κ1) is 18.8. The Morgan fingerprint density at radius 3 is 2.45 bits per heavy atom. The highest BCUT2D eigenvalue weighted by Crippen LogP contribution is 2.22. The lowest BCUT2D eigenvalue weighted by atomic mass is 10.2. The van der Waals surface area contributed by atoms with Crippen molar-refractivity contribution in [1.82, 2.24) is 4.68 Å². The zero-order chi connectivity index (χ0) is 20.1. The number of benzene rings is 3. The third-order valence-electron chi connectivity index (χ3n) is 4.18. The van der Waals surface area contributed by atoms with Crippen LogP contribution in [0.15, 0.2) is 94.3 Å². The number of halogens is 1. The van der Waals surface area contributed by atoms with Crippen molar-refractivity contribution in [2.24, 2.45) is 10.1 Å². The Morgan fingerprint density at radius 2 is 1.69 bits per heavy atom. The Bertz CT molecular complexity index is 1190. The summed E-state index contributed by atoms with van der Waals surface area (Å²) in [5, 5.41) is 6.57. The number of ether oxygens (including phenoxy) is 1. The average Bonchev–Trinajstić information content (AvgIpc) is 3.17. The van der Waals surface area contributed by atoms with E-state index in [0.29, 0.717) is 0 Å². The highest BCUT2D eigenvalue weighted by molar-refractivity contribution is 7.07. The minimum atomic E-state index is -0.269. The molecule has 144 valence electrons. The second kappa shape index (κ2) is 8.67. The molecule has 0 saturated heterocycles. The van der Waals surface area contributed by atoms with E-state index in [-0.39, 0.29) is 5.82 Å². The van der Waals surface area contributed by atoms with Gasteiger partial charge in [-0.15, -0.1) is 11.3 Å². The molecular formula is C23H18FN3OS. The highest BCUT2D eigenvalue weighted by Gasteiger charge is 2.07. The lowest BCUT2D eigenvalue weighted by Gasteiger charge is -2.06. The number of aromatic nitrogens is 1. The average molecular weight is 403 g/mol. The van der Waals surface area contributed by atoms with E-state index < -0.39 is 0 Å². The quantitative estimate of drug-likeness (QED) is 0.402. The smallest absolute Gasteiger partial charge is 0.205 e. The van der Waals surface area contributed by atoms with Crippen LogP contribution >= 0.6 is 11.3 Å². The summed E-state index contributed by atoms with van der Waals surface area (Å²) in [4.78, 5) is 5.04. The summed E-state index contributed by atoms with van der Waals surface area (Å²) in [6.45, 7) is 0. The summed E-state index contributed by atoms with van der Waals surface area (Å²) in [5.74, 6) is 1.24. The van der Waals surface area contributed by atoms with Crippen molar-refractivity contribution in [3.8, 4) is 22.8 Å². The molecule has 0 atom stereocenters. The van der Waals surface area contributed by atoms with E-state index in [1.165, 1.54) is 23.5 Å². The van der Waals surface area contributed by atoms with Gasteiger partial charge in [0, 0.05) is 18.0 Å². The Labute approximate surface area is 171 Å². The van der Waals surface area contributed by atoms with Crippen molar-refractivity contribution < 1.29 is 9.13 Å². The van der Waals surface area contributed by atoms with E-state index in [1.54, 1.807) is 30.1 Å². The number of thiazole rings is 1. The molecular weight excluding hydrogens is 385 g/mol. The molecule has 4 nitrogen and oxygen atoms in total. The van der Waals surface area contributed by atoms with Gasteiger partial charge in [0.25, 0.3) is 0 Å². The van der Waals surface area contributed by atoms with Gasteiger partial charge in [-0.25, -0.2) is 9.07 Å². The standard InChI is InChI=1S/C23H18FN3OS/c1-25-23-27(22(16-29-23)18-10-12-19(24)13-11-18)26-15-17-6-5-9-21(14-17)28-20-7-3-2-4-8-20/h2-16H,1H3/b25-23?,26-15-. The second-order valence-corrected chi connectivity index (χ2v) is 7.01. The van der Waals surface area contributed by atoms with Crippen LogP contribution in [0.3, 0.4) is 0 Å². The molecule has 0 aliphatic heterocycles. The van der Waals surface area contributed by atoms with Crippen LogP contribution < -0.4 is 9.54 Å². The zero-order valence-electron chi connectivity index (χ0n) is 15.7. The lowest BCUT2D eigenvalue weighted by Crippen LogP contribution is -2.11. The van der Waals surface area contributed by atoms with Crippen LogP contribution in [0.1, 0.15) is 5.56 Å². The third-order valence-corrected chi connectivity index (χ3v) is 5.08. The monoisotopic (exact) mass is 403 g/mol. The molecule has 3 aromatic carbocycles. The number of hydrogen-bond donors (Lipinski definition) is 0. The summed E-state index contributed by atoms with van der Waals surface area (Å²) >= 11 is 1.48. The van der Waals surface area contributed by atoms with Gasteiger partial charge in [-0.05, 0) is 54.1 Å². The molecule has 0 radical (unpaired) electrons. The van der Waals surface area contributed by atoms with Gasteiger partial charge in [0.15, 0.2) is 0 Å². The maximum absolute atomic E-state index is 13.3. The third kappa shape index (κ3) is 4.50. The van der Waals surface area contributed by atoms with Crippen molar-refractivity contribution in [3.63, 3.8) is 0 Å².